The lowest BCUT2D eigenvalue weighted by Crippen LogP contribution is -2.44. The summed E-state index contributed by atoms with van der Waals surface area (Å²) in [6, 6.07) is 2.24. The molecule has 0 aromatic carbocycles. The molecule has 4 aliphatic carbocycles. The Hall–Kier alpha value is -1.43. The molecule has 1 aromatic rings. The van der Waals surface area contributed by atoms with Gasteiger partial charge in [-0.2, -0.15) is 5.26 Å². The summed E-state index contributed by atoms with van der Waals surface area (Å²) in [5.41, 5.74) is 2.08. The highest BCUT2D eigenvalue weighted by molar-refractivity contribution is 5.23. The third kappa shape index (κ3) is 1.77. The third-order valence-electron chi connectivity index (χ3n) is 5.60. The van der Waals surface area contributed by atoms with Crippen molar-refractivity contribution in [3.63, 3.8) is 0 Å². The lowest BCUT2D eigenvalue weighted by atomic mass is 9.51. The molecule has 1 heterocycles. The molecule has 4 saturated carbocycles. The number of nitrogens with zero attached hydrogens (tertiary/aromatic N) is 3. The Morgan fingerprint density at radius 3 is 2.26 bits per heavy atom. The topological polar surface area (TPSA) is 49.6 Å². The molecule has 0 atom stereocenters. The number of hydrogen-bond acceptors (Lipinski definition) is 3. The second kappa shape index (κ2) is 4.30. The van der Waals surface area contributed by atoms with Gasteiger partial charge < -0.3 is 0 Å². The van der Waals surface area contributed by atoms with Crippen LogP contribution in [0.2, 0.25) is 0 Å². The van der Waals surface area contributed by atoms with Crippen LogP contribution in [-0.2, 0) is 6.42 Å². The van der Waals surface area contributed by atoms with Crippen molar-refractivity contribution in [2.75, 3.05) is 0 Å². The van der Waals surface area contributed by atoms with E-state index in [0.717, 1.165) is 35.1 Å². The quantitative estimate of drug-likeness (QED) is 0.813. The van der Waals surface area contributed by atoms with Gasteiger partial charge >= 0.3 is 0 Å². The van der Waals surface area contributed by atoms with E-state index in [4.69, 9.17) is 5.26 Å². The molecule has 19 heavy (non-hydrogen) atoms. The predicted molar refractivity (Wildman–Crippen MR) is 71.1 cm³/mol. The summed E-state index contributed by atoms with van der Waals surface area (Å²) in [7, 11) is 0. The zero-order valence-corrected chi connectivity index (χ0v) is 11.1. The molecular formula is C16H19N3. The summed E-state index contributed by atoms with van der Waals surface area (Å²) in [5, 5.41) is 8.98. The van der Waals surface area contributed by atoms with Crippen molar-refractivity contribution in [3.05, 3.63) is 23.8 Å². The Morgan fingerprint density at radius 1 is 1.00 bits per heavy atom. The number of rotatable bonds is 2. The molecular weight excluding hydrogens is 234 g/mol. The van der Waals surface area contributed by atoms with Gasteiger partial charge in [0.2, 0.25) is 0 Å². The number of nitriles is 1. The van der Waals surface area contributed by atoms with E-state index in [1.807, 2.05) is 0 Å². The lowest BCUT2D eigenvalue weighted by molar-refractivity contribution is -0.00456. The maximum Gasteiger partial charge on any atom is 0.0793 e. The lowest BCUT2D eigenvalue weighted by Gasteiger charge is -2.54. The first-order valence-corrected chi connectivity index (χ1v) is 7.52. The van der Waals surface area contributed by atoms with Crippen molar-refractivity contribution in [2.24, 2.45) is 23.7 Å². The van der Waals surface area contributed by atoms with Crippen molar-refractivity contribution in [1.82, 2.24) is 9.97 Å². The van der Waals surface area contributed by atoms with Gasteiger partial charge in [-0.15, -0.1) is 0 Å². The van der Waals surface area contributed by atoms with Crippen LogP contribution in [0, 0.1) is 35.0 Å². The summed E-state index contributed by atoms with van der Waals surface area (Å²) in [5.74, 6) is 4.17. The average molecular weight is 253 g/mol. The monoisotopic (exact) mass is 253 g/mol. The van der Waals surface area contributed by atoms with Crippen LogP contribution >= 0.6 is 0 Å². The Balaban J connectivity index is 1.71. The minimum absolute atomic E-state index is 0.409. The fourth-order valence-electron chi connectivity index (χ4n) is 5.24. The normalized spacial score (nSPS) is 39.2. The van der Waals surface area contributed by atoms with E-state index in [2.05, 4.69) is 16.0 Å². The largest absolute Gasteiger partial charge is 0.257 e. The van der Waals surface area contributed by atoms with Gasteiger partial charge in [0.1, 0.15) is 0 Å². The summed E-state index contributed by atoms with van der Waals surface area (Å²) in [6.07, 6.45) is 11.0. The number of aromatic nitrogens is 2. The minimum Gasteiger partial charge on any atom is -0.257 e. The Bertz CT molecular complexity index is 503. The van der Waals surface area contributed by atoms with Crippen LogP contribution in [0.5, 0.6) is 0 Å². The van der Waals surface area contributed by atoms with Crippen LogP contribution in [0.4, 0.5) is 0 Å². The smallest absolute Gasteiger partial charge is 0.0793 e. The van der Waals surface area contributed by atoms with Gasteiger partial charge in [-0.05, 0) is 55.8 Å². The minimum atomic E-state index is 0.409. The fraction of sp³-hybridized carbons (Fsp3) is 0.688. The SMILES string of the molecule is N#CCc1nccnc1C1C2CC3CC(C2)CC1C3. The van der Waals surface area contributed by atoms with Crippen molar-refractivity contribution >= 4 is 0 Å². The van der Waals surface area contributed by atoms with Crippen molar-refractivity contribution in [2.45, 2.75) is 44.4 Å². The zero-order valence-electron chi connectivity index (χ0n) is 11.1. The fourth-order valence-corrected chi connectivity index (χ4v) is 5.24. The van der Waals surface area contributed by atoms with E-state index < -0.39 is 0 Å². The molecule has 3 nitrogen and oxygen atoms in total. The predicted octanol–water partition coefficient (Wildman–Crippen LogP) is 3.08. The maximum atomic E-state index is 8.98. The van der Waals surface area contributed by atoms with Crippen LogP contribution in [0.15, 0.2) is 12.4 Å². The molecule has 0 unspecified atom stereocenters. The second-order valence-electron chi connectivity index (χ2n) is 6.68. The van der Waals surface area contributed by atoms with Crippen molar-refractivity contribution in [1.29, 1.82) is 5.26 Å². The Kier molecular flexibility index (Phi) is 2.58. The molecule has 0 N–H and O–H groups in total. The van der Waals surface area contributed by atoms with E-state index in [9.17, 15) is 0 Å². The van der Waals surface area contributed by atoms with E-state index >= 15 is 0 Å². The highest BCUT2D eigenvalue weighted by Gasteiger charge is 2.49. The molecule has 0 aliphatic heterocycles. The molecule has 3 heteroatoms. The molecule has 0 spiro atoms. The average Bonchev–Trinajstić information content (AvgIpc) is 2.39. The summed E-state index contributed by atoms with van der Waals surface area (Å²) >= 11 is 0. The summed E-state index contributed by atoms with van der Waals surface area (Å²) < 4.78 is 0. The van der Waals surface area contributed by atoms with Gasteiger partial charge in [0.05, 0.1) is 23.9 Å². The van der Waals surface area contributed by atoms with E-state index in [1.54, 1.807) is 12.4 Å². The summed E-state index contributed by atoms with van der Waals surface area (Å²) in [4.78, 5) is 9.05. The first-order valence-electron chi connectivity index (χ1n) is 7.52. The van der Waals surface area contributed by atoms with E-state index in [0.29, 0.717) is 12.3 Å². The molecule has 0 radical (unpaired) electrons. The Labute approximate surface area is 114 Å². The first-order chi connectivity index (χ1) is 9.35. The zero-order chi connectivity index (χ0) is 12.8. The maximum absolute atomic E-state index is 8.98. The van der Waals surface area contributed by atoms with Crippen LogP contribution in [0.1, 0.15) is 49.4 Å². The molecule has 4 aliphatic rings. The molecule has 0 saturated heterocycles. The standard InChI is InChI=1S/C16H19N3/c17-2-1-14-16(19-4-3-18-14)15-12-6-10-5-11(8-12)9-13(15)7-10/h3-4,10-13,15H,1,5-9H2. The van der Waals surface area contributed by atoms with Gasteiger partial charge in [0, 0.05) is 18.3 Å². The van der Waals surface area contributed by atoms with Gasteiger partial charge in [0.15, 0.2) is 0 Å². The van der Waals surface area contributed by atoms with Gasteiger partial charge in [-0.1, -0.05) is 0 Å². The molecule has 5 rings (SSSR count). The van der Waals surface area contributed by atoms with E-state index in [1.165, 1.54) is 32.1 Å². The number of hydrogen-bond donors (Lipinski definition) is 0. The summed E-state index contributed by atoms with van der Waals surface area (Å²) in [6.45, 7) is 0. The van der Waals surface area contributed by atoms with Gasteiger partial charge in [-0.3, -0.25) is 9.97 Å². The first kappa shape index (κ1) is 11.4. The molecule has 98 valence electrons. The third-order valence-corrected chi connectivity index (χ3v) is 5.60. The van der Waals surface area contributed by atoms with E-state index in [-0.39, 0.29) is 0 Å². The van der Waals surface area contributed by atoms with Crippen LogP contribution in [0.3, 0.4) is 0 Å². The van der Waals surface area contributed by atoms with Gasteiger partial charge in [-0.25, -0.2) is 0 Å². The molecule has 4 bridgehead atoms. The molecule has 4 fully saturated rings. The van der Waals surface area contributed by atoms with Gasteiger partial charge in [0.25, 0.3) is 0 Å². The molecule has 0 amide bonds. The second-order valence-corrected chi connectivity index (χ2v) is 6.68. The van der Waals surface area contributed by atoms with Crippen LogP contribution < -0.4 is 0 Å². The molecule has 1 aromatic heterocycles. The highest BCUT2D eigenvalue weighted by atomic mass is 14.8. The Morgan fingerprint density at radius 2 is 1.63 bits per heavy atom. The van der Waals surface area contributed by atoms with Crippen LogP contribution in [-0.4, -0.2) is 9.97 Å². The highest BCUT2D eigenvalue weighted by Crippen LogP contribution is 2.59. The van der Waals surface area contributed by atoms with Crippen molar-refractivity contribution < 1.29 is 0 Å². The van der Waals surface area contributed by atoms with Crippen LogP contribution in [0.25, 0.3) is 0 Å². The van der Waals surface area contributed by atoms with Crippen molar-refractivity contribution in [3.8, 4) is 6.07 Å².